The average molecular weight is 211 g/mol. The van der Waals surface area contributed by atoms with Crippen LogP contribution in [0.1, 0.15) is 27.6 Å². The number of benzene rings is 1. The zero-order valence-corrected chi connectivity index (χ0v) is 7.88. The minimum atomic E-state index is -0.860. The lowest BCUT2D eigenvalue weighted by Crippen LogP contribution is -2.29. The van der Waals surface area contributed by atoms with Crippen LogP contribution in [0.25, 0.3) is 0 Å². The van der Waals surface area contributed by atoms with Crippen molar-refractivity contribution in [1.82, 2.24) is 4.90 Å². The summed E-state index contributed by atoms with van der Waals surface area (Å²) in [5, 5.41) is 0. The lowest BCUT2D eigenvalue weighted by molar-refractivity contribution is 0.0660. The molecule has 0 saturated carbocycles. The van der Waals surface area contributed by atoms with Gasteiger partial charge in [-0.05, 0) is 19.1 Å². The molecule has 0 bridgehead atoms. The van der Waals surface area contributed by atoms with Crippen LogP contribution in [0.3, 0.4) is 0 Å². The van der Waals surface area contributed by atoms with Crippen molar-refractivity contribution >= 4 is 11.8 Å². The van der Waals surface area contributed by atoms with Crippen LogP contribution >= 0.6 is 0 Å². The number of hydrogen-bond donors (Lipinski definition) is 0. The van der Waals surface area contributed by atoms with E-state index in [1.807, 2.05) is 0 Å². The summed E-state index contributed by atoms with van der Waals surface area (Å²) in [7, 11) is 0. The fourth-order valence-corrected chi connectivity index (χ4v) is 1.62. The molecule has 1 aliphatic rings. The summed E-state index contributed by atoms with van der Waals surface area (Å²) >= 11 is 0. The molecule has 5 heteroatoms. The van der Waals surface area contributed by atoms with Gasteiger partial charge in [0.15, 0.2) is 0 Å². The van der Waals surface area contributed by atoms with Gasteiger partial charge in [-0.25, -0.2) is 8.78 Å². The quantitative estimate of drug-likeness (QED) is 0.661. The summed E-state index contributed by atoms with van der Waals surface area (Å²) in [6.07, 6.45) is 0. The van der Waals surface area contributed by atoms with Gasteiger partial charge in [-0.2, -0.15) is 0 Å². The summed E-state index contributed by atoms with van der Waals surface area (Å²) < 4.78 is 26.5. The van der Waals surface area contributed by atoms with Crippen molar-refractivity contribution in [1.29, 1.82) is 0 Å². The third-order valence-corrected chi connectivity index (χ3v) is 2.34. The standard InChI is InChI=1S/C10H7F2NO2/c1-2-13-9(14)7-5(11)3-4-6(12)8(7)10(13)15/h3-4H,2H2,1H3. The molecule has 15 heavy (non-hydrogen) atoms. The second-order valence-corrected chi connectivity index (χ2v) is 3.13. The van der Waals surface area contributed by atoms with Crippen LogP contribution < -0.4 is 0 Å². The second kappa shape index (κ2) is 3.12. The number of halogens is 2. The monoisotopic (exact) mass is 211 g/mol. The maximum absolute atomic E-state index is 13.2. The molecule has 0 aliphatic carbocycles. The van der Waals surface area contributed by atoms with Crippen LogP contribution in [0.2, 0.25) is 0 Å². The van der Waals surface area contributed by atoms with E-state index in [9.17, 15) is 18.4 Å². The first kappa shape index (κ1) is 9.76. The third kappa shape index (κ3) is 1.16. The van der Waals surface area contributed by atoms with E-state index in [0.29, 0.717) is 0 Å². The minimum absolute atomic E-state index is 0.102. The molecule has 0 fully saturated rings. The zero-order chi connectivity index (χ0) is 11.2. The van der Waals surface area contributed by atoms with Crippen LogP contribution in [0.15, 0.2) is 12.1 Å². The Morgan fingerprint density at radius 2 is 1.47 bits per heavy atom. The van der Waals surface area contributed by atoms with Crippen molar-refractivity contribution in [2.45, 2.75) is 6.92 Å². The molecule has 1 aromatic carbocycles. The van der Waals surface area contributed by atoms with E-state index in [0.717, 1.165) is 17.0 Å². The molecule has 78 valence electrons. The van der Waals surface area contributed by atoms with Gasteiger partial charge >= 0.3 is 0 Å². The topological polar surface area (TPSA) is 37.4 Å². The largest absolute Gasteiger partial charge is 0.274 e. The molecule has 2 amide bonds. The van der Waals surface area contributed by atoms with E-state index < -0.39 is 34.6 Å². The Balaban J connectivity index is 2.72. The van der Waals surface area contributed by atoms with Gasteiger partial charge in [-0.3, -0.25) is 14.5 Å². The highest BCUT2D eigenvalue weighted by Gasteiger charge is 2.39. The van der Waals surface area contributed by atoms with Crippen LogP contribution in [0.5, 0.6) is 0 Å². The van der Waals surface area contributed by atoms with Gasteiger partial charge in [0.2, 0.25) is 0 Å². The molecule has 0 spiro atoms. The number of imide groups is 1. The van der Waals surface area contributed by atoms with Crippen LogP contribution in [-0.2, 0) is 0 Å². The van der Waals surface area contributed by atoms with Crippen molar-refractivity contribution < 1.29 is 18.4 Å². The van der Waals surface area contributed by atoms with Gasteiger partial charge in [0.1, 0.15) is 11.6 Å². The lowest BCUT2D eigenvalue weighted by atomic mass is 10.1. The average Bonchev–Trinajstić information content (AvgIpc) is 2.46. The number of carbonyl (C=O) groups excluding carboxylic acids is 2. The first-order valence-corrected chi connectivity index (χ1v) is 4.42. The molecule has 1 heterocycles. The number of rotatable bonds is 1. The summed E-state index contributed by atoms with van der Waals surface area (Å²) in [6.45, 7) is 1.67. The Bertz CT molecular complexity index is 430. The van der Waals surface area contributed by atoms with Crippen LogP contribution in [0.4, 0.5) is 8.78 Å². The fraction of sp³-hybridized carbons (Fsp3) is 0.200. The van der Waals surface area contributed by atoms with E-state index in [2.05, 4.69) is 0 Å². The normalized spacial score (nSPS) is 14.7. The molecule has 0 saturated heterocycles. The second-order valence-electron chi connectivity index (χ2n) is 3.13. The molecule has 1 aromatic rings. The molecule has 2 rings (SSSR count). The maximum atomic E-state index is 13.2. The highest BCUT2D eigenvalue weighted by Crippen LogP contribution is 2.27. The molecule has 0 aromatic heterocycles. The van der Waals surface area contributed by atoms with E-state index in [4.69, 9.17) is 0 Å². The van der Waals surface area contributed by atoms with Crippen molar-refractivity contribution in [3.63, 3.8) is 0 Å². The van der Waals surface area contributed by atoms with Gasteiger partial charge in [-0.15, -0.1) is 0 Å². The van der Waals surface area contributed by atoms with Crippen molar-refractivity contribution in [3.8, 4) is 0 Å². The van der Waals surface area contributed by atoms with E-state index in [1.54, 1.807) is 6.92 Å². The Morgan fingerprint density at radius 3 is 1.80 bits per heavy atom. The third-order valence-electron chi connectivity index (χ3n) is 2.34. The summed E-state index contributed by atoms with van der Waals surface area (Å²) in [4.78, 5) is 23.8. The van der Waals surface area contributed by atoms with Gasteiger partial charge < -0.3 is 0 Å². The number of fused-ring (bicyclic) bond motifs is 1. The van der Waals surface area contributed by atoms with Gasteiger partial charge in [-0.1, -0.05) is 0 Å². The summed E-state index contributed by atoms with van der Waals surface area (Å²) in [5.41, 5.74) is -0.913. The molecule has 1 aliphatic heterocycles. The SMILES string of the molecule is CCN1C(=O)c2c(F)ccc(F)c2C1=O. The summed E-state index contributed by atoms with van der Waals surface area (Å²) in [6, 6.07) is 1.69. The van der Waals surface area contributed by atoms with E-state index >= 15 is 0 Å². The first-order valence-electron chi connectivity index (χ1n) is 4.42. The zero-order valence-electron chi connectivity index (χ0n) is 7.88. The van der Waals surface area contributed by atoms with Crippen molar-refractivity contribution in [3.05, 3.63) is 34.9 Å². The van der Waals surface area contributed by atoms with Crippen LogP contribution in [-0.4, -0.2) is 23.3 Å². The molecule has 0 atom stereocenters. The number of hydrogen-bond acceptors (Lipinski definition) is 2. The van der Waals surface area contributed by atoms with E-state index in [1.165, 1.54) is 0 Å². The fourth-order valence-electron chi connectivity index (χ4n) is 1.62. The Kier molecular flexibility index (Phi) is 2.03. The lowest BCUT2D eigenvalue weighted by Gasteiger charge is -2.08. The van der Waals surface area contributed by atoms with Gasteiger partial charge in [0.25, 0.3) is 11.8 Å². The van der Waals surface area contributed by atoms with E-state index in [-0.39, 0.29) is 6.54 Å². The highest BCUT2D eigenvalue weighted by atomic mass is 19.1. The van der Waals surface area contributed by atoms with Gasteiger partial charge in [0, 0.05) is 6.54 Å². The molecule has 0 unspecified atom stereocenters. The maximum Gasteiger partial charge on any atom is 0.264 e. The molecule has 3 nitrogen and oxygen atoms in total. The Morgan fingerprint density at radius 1 is 1.07 bits per heavy atom. The van der Waals surface area contributed by atoms with Gasteiger partial charge in [0.05, 0.1) is 11.1 Å². The first-order chi connectivity index (χ1) is 7.07. The minimum Gasteiger partial charge on any atom is -0.274 e. The van der Waals surface area contributed by atoms with Crippen molar-refractivity contribution in [2.24, 2.45) is 0 Å². The Labute approximate surface area is 84.3 Å². The molecule has 0 radical (unpaired) electrons. The predicted molar refractivity (Wildman–Crippen MR) is 47.4 cm³/mol. The smallest absolute Gasteiger partial charge is 0.264 e. The predicted octanol–water partition coefficient (Wildman–Crippen LogP) is 1.58. The van der Waals surface area contributed by atoms with Crippen molar-refractivity contribution in [2.75, 3.05) is 6.54 Å². The summed E-state index contributed by atoms with van der Waals surface area (Å²) in [5.74, 6) is -3.26. The highest BCUT2D eigenvalue weighted by molar-refractivity contribution is 6.21. The Hall–Kier alpha value is -1.78. The molecular weight excluding hydrogens is 204 g/mol. The number of nitrogens with zero attached hydrogens (tertiary/aromatic N) is 1. The van der Waals surface area contributed by atoms with Crippen LogP contribution in [0, 0.1) is 11.6 Å². The molecule has 0 N–H and O–H groups in total. The number of amides is 2. The number of carbonyl (C=O) groups is 2. The molecular formula is C10H7F2NO2.